The topological polar surface area (TPSA) is 72.5 Å². The highest BCUT2D eigenvalue weighted by atomic mass is 32.1. The van der Waals surface area contributed by atoms with Gasteiger partial charge in [0.2, 0.25) is 0 Å². The van der Waals surface area contributed by atoms with Crippen LogP contribution in [-0.4, -0.2) is 19.7 Å². The quantitative estimate of drug-likeness (QED) is 0.676. The number of rotatable bonds is 1. The average Bonchev–Trinajstić information content (AvgIpc) is 2.82. The predicted molar refractivity (Wildman–Crippen MR) is 80.9 cm³/mol. The van der Waals surface area contributed by atoms with Gasteiger partial charge in [-0.2, -0.15) is 5.10 Å². The van der Waals surface area contributed by atoms with Gasteiger partial charge in [-0.3, -0.25) is 5.10 Å². The minimum Gasteiger partial charge on any atom is -0.397 e. The second-order valence-corrected chi connectivity index (χ2v) is 5.90. The minimum atomic E-state index is 0.577. The van der Waals surface area contributed by atoms with Crippen LogP contribution in [0.4, 0.5) is 5.69 Å². The van der Waals surface area contributed by atoms with Crippen molar-refractivity contribution in [3.05, 3.63) is 22.1 Å². The van der Waals surface area contributed by atoms with E-state index in [1.807, 2.05) is 31.5 Å². The Kier molecular flexibility index (Phi) is 2.68. The Bertz CT molecular complexity index is 840. The molecule has 0 aromatic carbocycles. The Balaban J connectivity index is 2.38. The monoisotopic (exact) mass is 291 g/mol. The molecule has 3 aromatic rings. The molecular weight excluding hydrogens is 278 g/mol. The molecule has 0 aliphatic rings. The normalized spacial score (nSPS) is 11.3. The average molecular weight is 291 g/mol. The maximum Gasteiger partial charge on any atom is 0.195 e. The van der Waals surface area contributed by atoms with E-state index in [9.17, 15) is 0 Å². The predicted octanol–water partition coefficient (Wildman–Crippen LogP) is 2.95. The van der Waals surface area contributed by atoms with Gasteiger partial charge in [-0.15, -0.1) is 11.3 Å². The van der Waals surface area contributed by atoms with E-state index in [0.717, 1.165) is 37.9 Å². The van der Waals surface area contributed by atoms with E-state index >= 15 is 0 Å². The van der Waals surface area contributed by atoms with Gasteiger partial charge in [0.1, 0.15) is 4.83 Å². The number of nitrogen functional groups attached to an aromatic ring is 1. The van der Waals surface area contributed by atoms with Crippen LogP contribution in [0.15, 0.2) is 6.07 Å². The number of fused-ring (bicyclic) bond motifs is 1. The van der Waals surface area contributed by atoms with E-state index < -0.39 is 0 Å². The van der Waals surface area contributed by atoms with Crippen LogP contribution in [0.25, 0.3) is 20.9 Å². The second kappa shape index (κ2) is 4.14. The van der Waals surface area contributed by atoms with Gasteiger partial charge in [-0.05, 0) is 37.7 Å². The first-order valence-corrected chi connectivity index (χ1v) is 6.99. The third-order valence-electron chi connectivity index (χ3n) is 3.11. The first-order chi connectivity index (χ1) is 8.99. The summed E-state index contributed by atoms with van der Waals surface area (Å²) in [5.41, 5.74) is 9.13. The summed E-state index contributed by atoms with van der Waals surface area (Å²) in [6.07, 6.45) is 0. The van der Waals surface area contributed by atoms with Gasteiger partial charge in [0.05, 0.1) is 10.6 Å². The lowest BCUT2D eigenvalue weighted by atomic mass is 10.1. The van der Waals surface area contributed by atoms with E-state index in [1.54, 1.807) is 11.3 Å². The van der Waals surface area contributed by atoms with Crippen LogP contribution in [0.5, 0.6) is 0 Å². The first-order valence-electron chi connectivity index (χ1n) is 5.77. The number of thiophene rings is 1. The summed E-state index contributed by atoms with van der Waals surface area (Å²) < 4.78 is 2.39. The number of H-pyrrole nitrogens is 1. The van der Waals surface area contributed by atoms with Gasteiger partial charge in [-0.1, -0.05) is 0 Å². The molecule has 0 bridgehead atoms. The molecular formula is C12H13N5S2. The molecule has 3 heterocycles. The highest BCUT2D eigenvalue weighted by Gasteiger charge is 2.18. The fourth-order valence-electron chi connectivity index (χ4n) is 2.19. The van der Waals surface area contributed by atoms with Crippen LogP contribution in [0.1, 0.15) is 11.3 Å². The Hall–Kier alpha value is -1.73. The second-order valence-electron chi connectivity index (χ2n) is 4.52. The Morgan fingerprint density at radius 2 is 2.16 bits per heavy atom. The van der Waals surface area contributed by atoms with Gasteiger partial charge < -0.3 is 10.3 Å². The standard InChI is InChI=1S/C12H13N5S2/c1-5-4-6(2)14-11-7(5)8(13)9(19-11)10-15-16-12(18)17(10)3/h4H,13H2,1-3H3,(H,16,18). The van der Waals surface area contributed by atoms with Crippen molar-refractivity contribution in [3.8, 4) is 10.7 Å². The molecule has 7 heteroatoms. The first kappa shape index (κ1) is 12.3. The molecule has 19 heavy (non-hydrogen) atoms. The Morgan fingerprint density at radius 1 is 1.42 bits per heavy atom. The Morgan fingerprint density at radius 3 is 2.79 bits per heavy atom. The number of hydrogen-bond acceptors (Lipinski definition) is 5. The van der Waals surface area contributed by atoms with Crippen molar-refractivity contribution in [2.45, 2.75) is 13.8 Å². The van der Waals surface area contributed by atoms with Gasteiger partial charge in [0.15, 0.2) is 10.6 Å². The zero-order valence-corrected chi connectivity index (χ0v) is 12.4. The number of aryl methyl sites for hydroxylation is 2. The zero-order valence-electron chi connectivity index (χ0n) is 10.8. The molecule has 5 nitrogen and oxygen atoms in total. The summed E-state index contributed by atoms with van der Waals surface area (Å²) in [6, 6.07) is 2.04. The third kappa shape index (κ3) is 1.77. The van der Waals surface area contributed by atoms with Crippen molar-refractivity contribution in [1.29, 1.82) is 0 Å². The number of nitrogens with one attached hydrogen (secondary N) is 1. The van der Waals surface area contributed by atoms with E-state index in [0.29, 0.717) is 4.77 Å². The van der Waals surface area contributed by atoms with Crippen molar-refractivity contribution in [2.75, 3.05) is 5.73 Å². The summed E-state index contributed by atoms with van der Waals surface area (Å²) in [5.74, 6) is 0.752. The lowest BCUT2D eigenvalue weighted by molar-refractivity contribution is 0.904. The highest BCUT2D eigenvalue weighted by Crippen LogP contribution is 2.40. The van der Waals surface area contributed by atoms with Gasteiger partial charge in [0.25, 0.3) is 0 Å². The third-order valence-corrected chi connectivity index (χ3v) is 4.57. The molecule has 0 radical (unpaired) electrons. The molecule has 0 saturated carbocycles. The SMILES string of the molecule is Cc1cc(C)c2c(N)c(-c3n[nH]c(=S)n3C)sc2n1. The van der Waals surface area contributed by atoms with Gasteiger partial charge in [-0.25, -0.2) is 4.98 Å². The summed E-state index contributed by atoms with van der Waals surface area (Å²) >= 11 is 6.68. The van der Waals surface area contributed by atoms with Crippen LogP contribution in [-0.2, 0) is 7.05 Å². The van der Waals surface area contributed by atoms with Crippen LogP contribution >= 0.6 is 23.6 Å². The number of hydrogen-bond donors (Lipinski definition) is 2. The lowest BCUT2D eigenvalue weighted by Crippen LogP contribution is -1.94. The van der Waals surface area contributed by atoms with E-state index in [2.05, 4.69) is 15.2 Å². The van der Waals surface area contributed by atoms with Crippen molar-refractivity contribution in [3.63, 3.8) is 0 Å². The Labute approximate surface area is 119 Å². The van der Waals surface area contributed by atoms with Crippen molar-refractivity contribution < 1.29 is 0 Å². The summed E-state index contributed by atoms with van der Waals surface area (Å²) in [5, 5.41) is 8.04. The van der Waals surface area contributed by atoms with Crippen LogP contribution in [0, 0.1) is 18.6 Å². The smallest absolute Gasteiger partial charge is 0.195 e. The number of aromatic nitrogens is 4. The summed E-state index contributed by atoms with van der Waals surface area (Å²) in [6.45, 7) is 4.03. The van der Waals surface area contributed by atoms with E-state index in [4.69, 9.17) is 18.0 Å². The molecule has 0 spiro atoms. The van der Waals surface area contributed by atoms with Crippen molar-refractivity contribution >= 4 is 39.5 Å². The molecule has 0 saturated heterocycles. The number of pyridine rings is 1. The number of aromatic amines is 1. The molecule has 3 N–H and O–H groups in total. The molecule has 0 atom stereocenters. The maximum atomic E-state index is 6.27. The fourth-order valence-corrected chi connectivity index (χ4v) is 3.56. The summed E-state index contributed by atoms with van der Waals surface area (Å²) in [4.78, 5) is 6.40. The number of nitrogens with two attached hydrogens (primary N) is 1. The van der Waals surface area contributed by atoms with Gasteiger partial charge in [0, 0.05) is 18.1 Å². The van der Waals surface area contributed by atoms with Crippen molar-refractivity contribution in [2.24, 2.45) is 7.05 Å². The molecule has 0 fully saturated rings. The number of anilines is 1. The molecule has 3 aromatic heterocycles. The molecule has 0 aliphatic heterocycles. The molecule has 98 valence electrons. The number of nitrogens with zero attached hydrogens (tertiary/aromatic N) is 3. The molecule has 3 rings (SSSR count). The largest absolute Gasteiger partial charge is 0.397 e. The minimum absolute atomic E-state index is 0.577. The zero-order chi connectivity index (χ0) is 13.7. The summed E-state index contributed by atoms with van der Waals surface area (Å²) in [7, 11) is 1.87. The van der Waals surface area contributed by atoms with Crippen LogP contribution < -0.4 is 5.73 Å². The molecule has 0 unspecified atom stereocenters. The molecule has 0 amide bonds. The van der Waals surface area contributed by atoms with Crippen molar-refractivity contribution in [1.82, 2.24) is 19.7 Å². The highest BCUT2D eigenvalue weighted by molar-refractivity contribution is 7.71. The lowest BCUT2D eigenvalue weighted by Gasteiger charge is -2.00. The van der Waals surface area contributed by atoms with E-state index in [-0.39, 0.29) is 0 Å². The molecule has 0 aliphatic carbocycles. The van der Waals surface area contributed by atoms with Gasteiger partial charge >= 0.3 is 0 Å². The van der Waals surface area contributed by atoms with Crippen LogP contribution in [0.3, 0.4) is 0 Å². The fraction of sp³-hybridized carbons (Fsp3) is 0.250. The van der Waals surface area contributed by atoms with Crippen LogP contribution in [0.2, 0.25) is 0 Å². The maximum absolute atomic E-state index is 6.27. The van der Waals surface area contributed by atoms with E-state index in [1.165, 1.54) is 0 Å².